The van der Waals surface area contributed by atoms with E-state index in [9.17, 15) is 22.8 Å². The molecule has 0 bridgehead atoms. The molecule has 1 aromatic rings. The second kappa shape index (κ2) is 15.8. The molecule has 37 heavy (non-hydrogen) atoms. The molecule has 210 valence electrons. The van der Waals surface area contributed by atoms with E-state index in [0.29, 0.717) is 6.54 Å². The minimum Gasteiger partial charge on any atom is -0.465 e. The number of unbranched alkanes of at least 4 members (excludes halogenated alkanes) is 8. The van der Waals surface area contributed by atoms with Crippen molar-refractivity contribution in [2.75, 3.05) is 33.9 Å². The quantitative estimate of drug-likeness (QED) is 0.228. The maximum atomic E-state index is 14.3. The van der Waals surface area contributed by atoms with Crippen LogP contribution in [0.3, 0.4) is 0 Å². The van der Waals surface area contributed by atoms with Crippen molar-refractivity contribution < 1.29 is 32.2 Å². The van der Waals surface area contributed by atoms with Crippen molar-refractivity contribution in [2.45, 2.75) is 89.1 Å². The minimum absolute atomic E-state index is 0.0562. The van der Waals surface area contributed by atoms with Gasteiger partial charge in [0.2, 0.25) is 0 Å². The van der Waals surface area contributed by atoms with Crippen molar-refractivity contribution in [1.82, 2.24) is 15.5 Å². The molecule has 0 spiro atoms. The van der Waals surface area contributed by atoms with Crippen LogP contribution in [0.1, 0.15) is 86.7 Å². The van der Waals surface area contributed by atoms with Crippen LogP contribution in [-0.2, 0) is 9.47 Å². The predicted molar refractivity (Wildman–Crippen MR) is 136 cm³/mol. The zero-order valence-corrected chi connectivity index (χ0v) is 22.2. The molecule has 7 nitrogen and oxygen atoms in total. The highest BCUT2D eigenvalue weighted by Gasteiger charge is 2.50. The lowest BCUT2D eigenvalue weighted by Gasteiger charge is -2.31. The fourth-order valence-corrected chi connectivity index (χ4v) is 4.86. The van der Waals surface area contributed by atoms with Gasteiger partial charge in [0.15, 0.2) is 0 Å². The van der Waals surface area contributed by atoms with Crippen molar-refractivity contribution in [3.63, 3.8) is 0 Å². The van der Waals surface area contributed by atoms with Crippen LogP contribution in [0.5, 0.6) is 0 Å². The van der Waals surface area contributed by atoms with Crippen molar-refractivity contribution >= 4 is 12.0 Å². The molecule has 0 aromatic heterocycles. The van der Waals surface area contributed by atoms with Crippen LogP contribution in [0.4, 0.5) is 18.0 Å². The number of likely N-dealkylation sites (tertiary alicyclic amines) is 1. The van der Waals surface area contributed by atoms with E-state index in [1.807, 2.05) is 0 Å². The van der Waals surface area contributed by atoms with Gasteiger partial charge in [-0.05, 0) is 18.1 Å². The third-order valence-electron chi connectivity index (χ3n) is 6.82. The Morgan fingerprint density at radius 3 is 2.22 bits per heavy atom. The molecule has 1 aliphatic rings. The standard InChI is InChI=1S/C27H42F3N3O4/c1-4-5-6-7-8-9-10-11-14-17-31-26(35)32-22-18-33(19-23(22)36-2)24(27(28,29)30)20-15-12-13-16-21(20)25(34)37-3/h12-13,15-16,22-24H,4-11,14,17-19H2,1-3H3,(H2,31,32,35)/t22-,23-,24-/m0/s1. The molecule has 2 rings (SSSR count). The Hall–Kier alpha value is -2.33. The molecular weight excluding hydrogens is 487 g/mol. The molecule has 2 amide bonds. The molecular formula is C27H42F3N3O4. The van der Waals surface area contributed by atoms with E-state index >= 15 is 0 Å². The number of nitrogens with zero attached hydrogens (tertiary/aromatic N) is 1. The van der Waals surface area contributed by atoms with Crippen molar-refractivity contribution in [3.05, 3.63) is 35.4 Å². The highest BCUT2D eigenvalue weighted by molar-refractivity contribution is 5.91. The molecule has 0 aliphatic carbocycles. The number of halogens is 3. The lowest BCUT2D eigenvalue weighted by Crippen LogP contribution is -2.48. The highest BCUT2D eigenvalue weighted by atomic mass is 19.4. The summed E-state index contributed by atoms with van der Waals surface area (Å²) < 4.78 is 52.9. The first-order valence-corrected chi connectivity index (χ1v) is 13.3. The van der Waals surface area contributed by atoms with Gasteiger partial charge >= 0.3 is 18.2 Å². The number of alkyl halides is 3. The van der Waals surface area contributed by atoms with E-state index in [1.54, 1.807) is 0 Å². The largest absolute Gasteiger partial charge is 0.465 e. The summed E-state index contributed by atoms with van der Waals surface area (Å²) in [5.41, 5.74) is -0.330. The number of benzene rings is 1. The summed E-state index contributed by atoms with van der Waals surface area (Å²) in [6.45, 7) is 2.57. The molecule has 1 heterocycles. The predicted octanol–water partition coefficient (Wildman–Crippen LogP) is 5.61. The van der Waals surface area contributed by atoms with E-state index in [1.165, 1.54) is 74.8 Å². The third-order valence-corrected chi connectivity index (χ3v) is 6.82. The van der Waals surface area contributed by atoms with Crippen molar-refractivity contribution in [3.8, 4) is 0 Å². The number of methoxy groups -OCH3 is 2. The smallest absolute Gasteiger partial charge is 0.408 e. The number of rotatable bonds is 15. The van der Waals surface area contributed by atoms with Crippen molar-refractivity contribution in [1.29, 1.82) is 0 Å². The van der Waals surface area contributed by atoms with Gasteiger partial charge in [0.05, 0.1) is 24.8 Å². The van der Waals surface area contributed by atoms with Gasteiger partial charge in [-0.25, -0.2) is 9.59 Å². The number of esters is 1. The van der Waals surface area contributed by atoms with Crippen LogP contribution in [0, 0.1) is 0 Å². The van der Waals surface area contributed by atoms with Gasteiger partial charge < -0.3 is 20.1 Å². The Kier molecular flexibility index (Phi) is 13.2. The summed E-state index contributed by atoms with van der Waals surface area (Å²) in [5.74, 6) is -0.835. The molecule has 1 saturated heterocycles. The second-order valence-electron chi connectivity index (χ2n) is 9.59. The molecule has 3 atom stereocenters. The van der Waals surface area contributed by atoms with Crippen LogP contribution in [0.15, 0.2) is 24.3 Å². The van der Waals surface area contributed by atoms with Gasteiger partial charge in [0.1, 0.15) is 6.04 Å². The Labute approximate surface area is 218 Å². The lowest BCUT2D eigenvalue weighted by molar-refractivity contribution is -0.184. The fourth-order valence-electron chi connectivity index (χ4n) is 4.86. The third kappa shape index (κ3) is 9.81. The lowest BCUT2D eigenvalue weighted by atomic mass is 9.98. The topological polar surface area (TPSA) is 79.9 Å². The molecule has 0 radical (unpaired) electrons. The Balaban J connectivity index is 1.90. The maximum Gasteiger partial charge on any atom is 0.408 e. The molecule has 1 aromatic carbocycles. The number of nitrogens with one attached hydrogen (secondary N) is 2. The van der Waals surface area contributed by atoms with Gasteiger partial charge in [-0.3, -0.25) is 4.90 Å². The van der Waals surface area contributed by atoms with Gasteiger partial charge in [-0.2, -0.15) is 13.2 Å². The molecule has 0 unspecified atom stereocenters. The SMILES string of the molecule is CCCCCCCCCCCNC(=O)N[C@H]1CN([C@@H](c2ccccc2C(=O)OC)C(F)(F)F)C[C@@H]1OC. The average molecular weight is 530 g/mol. The Morgan fingerprint density at radius 2 is 1.62 bits per heavy atom. The van der Waals surface area contributed by atoms with Crippen LogP contribution >= 0.6 is 0 Å². The Bertz CT molecular complexity index is 837. The van der Waals surface area contributed by atoms with E-state index < -0.39 is 36.4 Å². The first-order valence-electron chi connectivity index (χ1n) is 13.3. The van der Waals surface area contributed by atoms with Gasteiger partial charge in [0.25, 0.3) is 0 Å². The molecule has 0 saturated carbocycles. The number of hydrogen-bond acceptors (Lipinski definition) is 5. The van der Waals surface area contributed by atoms with E-state index in [-0.39, 0.29) is 24.2 Å². The van der Waals surface area contributed by atoms with Crippen LogP contribution in [0.25, 0.3) is 0 Å². The number of urea groups is 1. The van der Waals surface area contributed by atoms with Crippen LogP contribution in [-0.4, -0.2) is 69.1 Å². The summed E-state index contributed by atoms with van der Waals surface area (Å²) >= 11 is 0. The van der Waals surface area contributed by atoms with Gasteiger partial charge in [-0.1, -0.05) is 76.5 Å². The second-order valence-corrected chi connectivity index (χ2v) is 9.59. The summed E-state index contributed by atoms with van der Waals surface area (Å²) in [4.78, 5) is 25.8. The van der Waals surface area contributed by atoms with E-state index in [0.717, 1.165) is 26.4 Å². The molecule has 10 heteroatoms. The Morgan fingerprint density at radius 1 is 1.00 bits per heavy atom. The van der Waals surface area contributed by atoms with Gasteiger partial charge in [0, 0.05) is 26.7 Å². The summed E-state index contributed by atoms with van der Waals surface area (Å²) in [6, 6.07) is 2.45. The maximum absolute atomic E-state index is 14.3. The summed E-state index contributed by atoms with van der Waals surface area (Å²) in [6.07, 6.45) is 5.26. The van der Waals surface area contributed by atoms with Crippen LogP contribution < -0.4 is 10.6 Å². The van der Waals surface area contributed by atoms with E-state index in [2.05, 4.69) is 17.6 Å². The number of carbonyl (C=O) groups excluding carboxylic acids is 2. The number of amides is 2. The average Bonchev–Trinajstić information content (AvgIpc) is 3.25. The number of carbonyl (C=O) groups is 2. The van der Waals surface area contributed by atoms with Crippen molar-refractivity contribution in [2.24, 2.45) is 0 Å². The number of hydrogen-bond donors (Lipinski definition) is 2. The zero-order valence-electron chi connectivity index (χ0n) is 22.2. The molecule has 1 aliphatic heterocycles. The number of ether oxygens (including phenoxy) is 2. The minimum atomic E-state index is -4.66. The normalized spacial score (nSPS) is 19.0. The fraction of sp³-hybridized carbons (Fsp3) is 0.704. The summed E-state index contributed by atoms with van der Waals surface area (Å²) in [5, 5.41) is 5.57. The zero-order chi connectivity index (χ0) is 27.3. The van der Waals surface area contributed by atoms with Gasteiger partial charge in [-0.15, -0.1) is 0 Å². The molecule has 1 fully saturated rings. The molecule has 2 N–H and O–H groups in total. The first-order chi connectivity index (χ1) is 17.7. The van der Waals surface area contributed by atoms with Crippen LogP contribution in [0.2, 0.25) is 0 Å². The highest BCUT2D eigenvalue weighted by Crippen LogP contribution is 2.41. The first kappa shape index (κ1) is 30.9. The summed E-state index contributed by atoms with van der Waals surface area (Å²) in [7, 11) is 2.54. The van der Waals surface area contributed by atoms with E-state index in [4.69, 9.17) is 9.47 Å². The monoisotopic (exact) mass is 529 g/mol.